The lowest BCUT2D eigenvalue weighted by Crippen LogP contribution is -2.62. The van der Waals surface area contributed by atoms with Crippen molar-refractivity contribution < 1.29 is 19.0 Å². The highest BCUT2D eigenvalue weighted by molar-refractivity contribution is 5.13. The van der Waals surface area contributed by atoms with E-state index < -0.39 is 5.92 Å². The Hall–Kier alpha value is -0.220. The molecule has 0 radical (unpaired) electrons. The normalized spacial score (nSPS) is 52.3. The fourth-order valence-electron chi connectivity index (χ4n) is 9.64. The minimum absolute atomic E-state index is 0.0208. The summed E-state index contributed by atoms with van der Waals surface area (Å²) in [5.74, 6) is -0.342. The number of rotatable bonds is 4. The van der Waals surface area contributed by atoms with Crippen molar-refractivity contribution in [1.82, 2.24) is 0 Å². The Bertz CT molecular complexity index is 633. The average Bonchev–Trinajstić information content (AvgIpc) is 2.99. The Morgan fingerprint density at radius 2 is 1.60 bits per heavy atom. The minimum Gasteiger partial charge on any atom is -0.393 e. The zero-order valence-electron chi connectivity index (χ0n) is 19.7. The summed E-state index contributed by atoms with van der Waals surface area (Å²) < 4.78 is 27.6. The largest absolute Gasteiger partial charge is 0.393 e. The van der Waals surface area contributed by atoms with Crippen LogP contribution >= 0.6 is 0 Å². The molecule has 0 heterocycles. The van der Waals surface area contributed by atoms with E-state index >= 15 is 0 Å². The minimum atomic E-state index is -2.60. The van der Waals surface area contributed by atoms with Crippen LogP contribution in [0.1, 0.15) is 92.4 Å². The summed E-state index contributed by atoms with van der Waals surface area (Å²) in [5, 5.41) is 22.1. The molecular formula is C26H44F2O2. The van der Waals surface area contributed by atoms with Gasteiger partial charge in [0.15, 0.2) is 0 Å². The SMILES string of the molecule is CC[C@H]1C(O)C2C3CC[C@H]([C@H](C)CC(C)(F)F)[C@@]3(C)CCC2[C@@]2(C)CC[C@@H](O)C[C@@H]12. The van der Waals surface area contributed by atoms with Crippen LogP contribution in [0.2, 0.25) is 0 Å². The molecule has 2 N–H and O–H groups in total. The second-order valence-corrected chi connectivity index (χ2v) is 12.4. The summed E-state index contributed by atoms with van der Waals surface area (Å²) in [5.41, 5.74) is 0.272. The van der Waals surface area contributed by atoms with Crippen LogP contribution in [0.15, 0.2) is 0 Å². The highest BCUT2D eigenvalue weighted by atomic mass is 19.3. The van der Waals surface area contributed by atoms with Crippen molar-refractivity contribution in [1.29, 1.82) is 0 Å². The van der Waals surface area contributed by atoms with Gasteiger partial charge in [-0.2, -0.15) is 0 Å². The van der Waals surface area contributed by atoms with Crippen LogP contribution in [-0.2, 0) is 0 Å². The van der Waals surface area contributed by atoms with Crippen LogP contribution in [0.4, 0.5) is 8.78 Å². The van der Waals surface area contributed by atoms with Crippen LogP contribution in [0.3, 0.4) is 0 Å². The highest BCUT2D eigenvalue weighted by Gasteiger charge is 2.65. The summed E-state index contributed by atoms with van der Waals surface area (Å²) >= 11 is 0. The smallest absolute Gasteiger partial charge is 0.245 e. The molecule has 2 nitrogen and oxygen atoms in total. The molecule has 4 fully saturated rings. The Balaban J connectivity index is 1.64. The standard InChI is InChI=1S/C26H44F2O2/c1-6-17-21-13-16(29)9-11-25(21,4)20-10-12-24(3)18(15(2)14-26(5,27)28)7-8-19(24)22(20)23(17)30/h15-23,29-30H,6-14H2,1-5H3/t15-,16-,17-,18-,19?,20?,21+,22?,23?,24-,25-/m1/s1. The molecule has 0 aromatic carbocycles. The van der Waals surface area contributed by atoms with Crippen LogP contribution in [0, 0.1) is 52.3 Å². The summed E-state index contributed by atoms with van der Waals surface area (Å²) in [6.07, 6.45) is 7.53. The van der Waals surface area contributed by atoms with Crippen molar-refractivity contribution in [3.8, 4) is 0 Å². The monoisotopic (exact) mass is 426 g/mol. The van der Waals surface area contributed by atoms with E-state index in [2.05, 4.69) is 20.8 Å². The van der Waals surface area contributed by atoms with E-state index in [9.17, 15) is 19.0 Å². The third-order valence-corrected chi connectivity index (χ3v) is 10.8. The Morgan fingerprint density at radius 3 is 2.23 bits per heavy atom. The zero-order valence-corrected chi connectivity index (χ0v) is 19.7. The zero-order chi connectivity index (χ0) is 22.1. The molecule has 0 aromatic rings. The average molecular weight is 427 g/mol. The van der Waals surface area contributed by atoms with Gasteiger partial charge in [0.25, 0.3) is 0 Å². The maximum atomic E-state index is 13.8. The van der Waals surface area contributed by atoms with E-state index in [-0.39, 0.29) is 41.3 Å². The number of halogens is 2. The molecule has 4 heteroatoms. The highest BCUT2D eigenvalue weighted by Crippen LogP contribution is 2.69. The number of hydrogen-bond acceptors (Lipinski definition) is 2. The predicted octanol–water partition coefficient (Wildman–Crippen LogP) is 6.29. The molecule has 11 atom stereocenters. The van der Waals surface area contributed by atoms with Crippen LogP contribution in [0.25, 0.3) is 0 Å². The molecule has 0 aromatic heterocycles. The van der Waals surface area contributed by atoms with Gasteiger partial charge in [0, 0.05) is 6.42 Å². The predicted molar refractivity (Wildman–Crippen MR) is 116 cm³/mol. The van der Waals surface area contributed by atoms with E-state index in [0.29, 0.717) is 29.6 Å². The van der Waals surface area contributed by atoms with Gasteiger partial charge >= 0.3 is 0 Å². The molecular weight excluding hydrogens is 382 g/mol. The van der Waals surface area contributed by atoms with Gasteiger partial charge < -0.3 is 10.2 Å². The maximum Gasteiger partial charge on any atom is 0.245 e. The van der Waals surface area contributed by atoms with Gasteiger partial charge in [0.2, 0.25) is 5.92 Å². The van der Waals surface area contributed by atoms with Crippen LogP contribution in [0.5, 0.6) is 0 Å². The molecule has 0 saturated heterocycles. The van der Waals surface area contributed by atoms with Gasteiger partial charge in [-0.15, -0.1) is 0 Å². The molecule has 0 aliphatic heterocycles. The van der Waals surface area contributed by atoms with Gasteiger partial charge in [-0.25, -0.2) is 8.78 Å². The first-order valence-electron chi connectivity index (χ1n) is 12.7. The van der Waals surface area contributed by atoms with E-state index in [1.54, 1.807) is 0 Å². The Kier molecular flexibility index (Phi) is 5.88. The number of hydrogen-bond donors (Lipinski definition) is 2. The molecule has 0 bridgehead atoms. The first-order chi connectivity index (χ1) is 13.9. The third kappa shape index (κ3) is 3.47. The molecule has 4 saturated carbocycles. The summed E-state index contributed by atoms with van der Waals surface area (Å²) in [6, 6.07) is 0. The Morgan fingerprint density at radius 1 is 0.967 bits per heavy atom. The summed E-state index contributed by atoms with van der Waals surface area (Å²) in [7, 11) is 0. The van der Waals surface area contributed by atoms with Gasteiger partial charge in [-0.05, 0) is 104 Å². The first-order valence-corrected chi connectivity index (χ1v) is 12.7. The Labute approximate surface area is 182 Å². The van der Waals surface area contributed by atoms with E-state index in [1.165, 1.54) is 0 Å². The molecule has 0 amide bonds. The molecule has 4 aliphatic carbocycles. The molecule has 30 heavy (non-hydrogen) atoms. The van der Waals surface area contributed by atoms with Crippen molar-refractivity contribution >= 4 is 0 Å². The fourth-order valence-corrected chi connectivity index (χ4v) is 9.64. The van der Waals surface area contributed by atoms with Gasteiger partial charge in [0.1, 0.15) is 0 Å². The molecule has 4 rings (SSSR count). The lowest BCUT2D eigenvalue weighted by Gasteiger charge is -2.64. The molecule has 0 spiro atoms. The summed E-state index contributed by atoms with van der Waals surface area (Å²) in [4.78, 5) is 0. The van der Waals surface area contributed by atoms with Crippen molar-refractivity contribution in [2.24, 2.45) is 52.3 Å². The molecule has 4 aliphatic rings. The maximum absolute atomic E-state index is 13.8. The molecule has 4 unspecified atom stereocenters. The van der Waals surface area contributed by atoms with E-state index in [4.69, 9.17) is 0 Å². The van der Waals surface area contributed by atoms with Gasteiger partial charge in [0.05, 0.1) is 12.2 Å². The summed E-state index contributed by atoms with van der Waals surface area (Å²) in [6.45, 7) is 10.1. The quantitative estimate of drug-likeness (QED) is 0.554. The second-order valence-electron chi connectivity index (χ2n) is 12.4. The van der Waals surface area contributed by atoms with E-state index in [1.807, 2.05) is 6.92 Å². The first kappa shape index (κ1) is 23.0. The third-order valence-electron chi connectivity index (χ3n) is 10.8. The van der Waals surface area contributed by atoms with Gasteiger partial charge in [-0.1, -0.05) is 34.1 Å². The molecule has 174 valence electrons. The second kappa shape index (κ2) is 7.68. The van der Waals surface area contributed by atoms with Gasteiger partial charge in [-0.3, -0.25) is 0 Å². The lowest BCUT2D eigenvalue weighted by molar-refractivity contribution is -0.203. The lowest BCUT2D eigenvalue weighted by atomic mass is 9.41. The van der Waals surface area contributed by atoms with Crippen molar-refractivity contribution in [2.75, 3.05) is 0 Å². The fraction of sp³-hybridized carbons (Fsp3) is 1.00. The van der Waals surface area contributed by atoms with Crippen molar-refractivity contribution in [3.05, 3.63) is 0 Å². The number of fused-ring (bicyclic) bond motifs is 5. The topological polar surface area (TPSA) is 40.5 Å². The van der Waals surface area contributed by atoms with E-state index in [0.717, 1.165) is 58.3 Å². The number of alkyl halides is 2. The van der Waals surface area contributed by atoms with Crippen LogP contribution < -0.4 is 0 Å². The number of aliphatic hydroxyl groups is 2. The number of aliphatic hydroxyl groups excluding tert-OH is 2. The van der Waals surface area contributed by atoms with Crippen molar-refractivity contribution in [2.45, 2.75) is 111 Å². The van der Waals surface area contributed by atoms with Crippen molar-refractivity contribution in [3.63, 3.8) is 0 Å². The van der Waals surface area contributed by atoms with Crippen LogP contribution in [-0.4, -0.2) is 28.3 Å².